The van der Waals surface area contributed by atoms with Crippen LogP contribution < -0.4 is 0 Å². The third kappa shape index (κ3) is 28.1. The maximum absolute atomic E-state index is 6.75. The van der Waals surface area contributed by atoms with Crippen molar-refractivity contribution in [3.8, 4) is 0 Å². The van der Waals surface area contributed by atoms with Gasteiger partial charge in [0.05, 0.1) is 35.2 Å². The van der Waals surface area contributed by atoms with Gasteiger partial charge in [0.2, 0.25) is 0 Å². The molecule has 0 N–H and O–H groups in total. The number of aliphatic imine (C=N–C) groups is 2. The topological polar surface area (TPSA) is 285 Å². The van der Waals surface area contributed by atoms with Gasteiger partial charge in [-0.25, -0.2) is 0 Å². The molecule has 0 aliphatic heterocycles. The van der Waals surface area contributed by atoms with Gasteiger partial charge in [0, 0.05) is 12.4 Å². The van der Waals surface area contributed by atoms with E-state index in [4.69, 9.17) is 44.2 Å². The van der Waals surface area contributed by atoms with Crippen LogP contribution in [0.1, 0.15) is 22.5 Å². The molecule has 2 heterocycles. The minimum atomic E-state index is 0. The van der Waals surface area contributed by atoms with Crippen molar-refractivity contribution in [3.05, 3.63) is 184 Å². The molecular formula is C26H24N16Zn2. The van der Waals surface area contributed by atoms with E-state index in [0.717, 1.165) is 22.8 Å². The van der Waals surface area contributed by atoms with E-state index < -0.39 is 0 Å². The molecule has 18 heteroatoms. The Kier molecular flexibility index (Phi) is 35.0. The van der Waals surface area contributed by atoms with Gasteiger partial charge in [-0.2, -0.15) is 0 Å². The Morgan fingerprint density at radius 3 is 0.977 bits per heavy atom. The normalized spacial score (nSPS) is 8.05. The maximum Gasteiger partial charge on any atom is 2.00 e. The molecule has 0 aliphatic rings. The number of hydrogen-bond acceptors (Lipinski definition) is 4. The summed E-state index contributed by atoms with van der Waals surface area (Å²) in [5.41, 5.74) is 60.1. The first-order chi connectivity index (χ1) is 20.3. The van der Waals surface area contributed by atoms with E-state index in [9.17, 15) is 0 Å². The molecule has 44 heavy (non-hydrogen) atoms. The molecule has 0 radical (unpaired) electrons. The zero-order valence-electron chi connectivity index (χ0n) is 24.0. The van der Waals surface area contributed by atoms with Gasteiger partial charge in [0.1, 0.15) is 0 Å². The summed E-state index contributed by atoms with van der Waals surface area (Å²) in [5.74, 6) is 0. The van der Waals surface area contributed by atoms with E-state index in [1.54, 1.807) is 24.8 Å². The van der Waals surface area contributed by atoms with Crippen LogP contribution >= 0.6 is 0 Å². The fraction of sp³-hybridized carbons (Fsp3) is 0.0769. The van der Waals surface area contributed by atoms with E-state index in [-0.39, 0.29) is 39.0 Å². The van der Waals surface area contributed by atoms with Crippen LogP contribution in [0.3, 0.4) is 0 Å². The molecule has 2 aromatic heterocycles. The van der Waals surface area contributed by atoms with E-state index in [1.165, 1.54) is 30.8 Å². The Morgan fingerprint density at radius 2 is 0.750 bits per heavy atom. The second-order valence-electron chi connectivity index (χ2n) is 7.05. The smallest absolute Gasteiger partial charge is 0.373 e. The molecule has 2 aromatic carbocycles. The van der Waals surface area contributed by atoms with E-state index in [1.807, 2.05) is 84.9 Å². The molecule has 0 amide bonds. The summed E-state index contributed by atoms with van der Waals surface area (Å²) < 4.78 is 0. The average molecular weight is 691 g/mol. The number of aryl methyl sites for hydroxylation is 2. The number of nitrogens with zero attached hydrogens (tertiary/aromatic N) is 16. The third-order valence-corrected chi connectivity index (χ3v) is 4.14. The zero-order chi connectivity index (χ0) is 31.8. The zero-order valence-corrected chi connectivity index (χ0v) is 29.9. The quantitative estimate of drug-likeness (QED) is 0.0663. The summed E-state index contributed by atoms with van der Waals surface area (Å²) in [6.07, 6.45) is 7.06. The van der Waals surface area contributed by atoms with E-state index in [2.05, 4.69) is 33.8 Å². The van der Waals surface area contributed by atoms with Gasteiger partial charge >= 0.3 is 39.0 Å². The second-order valence-corrected chi connectivity index (χ2v) is 7.05. The van der Waals surface area contributed by atoms with Gasteiger partial charge in [0.15, 0.2) is 0 Å². The minimum absolute atomic E-state index is 0. The van der Waals surface area contributed by atoms with Crippen LogP contribution in [-0.4, -0.2) is 22.4 Å². The number of rotatable bonds is 4. The monoisotopic (exact) mass is 688 g/mol. The Balaban J connectivity index is -0.000000260. The fourth-order valence-corrected chi connectivity index (χ4v) is 2.45. The molecule has 0 spiro atoms. The van der Waals surface area contributed by atoms with E-state index >= 15 is 0 Å². The second kappa shape index (κ2) is 33.8. The Labute approximate surface area is 279 Å². The first kappa shape index (κ1) is 45.6. The maximum atomic E-state index is 6.75. The molecule has 0 unspecified atom stereocenters. The summed E-state index contributed by atoms with van der Waals surface area (Å²) in [6.45, 7) is 4.12. The summed E-state index contributed by atoms with van der Waals surface area (Å²) in [4.78, 5) is 23.0. The molecule has 0 aliphatic carbocycles. The van der Waals surface area contributed by atoms with Crippen LogP contribution in [0.15, 0.2) is 107 Å². The number of benzene rings is 2. The van der Waals surface area contributed by atoms with Gasteiger partial charge in [-0.3, -0.25) is 39.6 Å². The molecular weight excluding hydrogens is 667 g/mol. The van der Waals surface area contributed by atoms with Crippen LogP contribution in [0.5, 0.6) is 0 Å². The summed E-state index contributed by atoms with van der Waals surface area (Å²) in [7, 11) is 0. The van der Waals surface area contributed by atoms with E-state index in [0.29, 0.717) is 0 Å². The first-order valence-electron chi connectivity index (χ1n) is 11.3. The molecule has 16 nitrogen and oxygen atoms in total. The van der Waals surface area contributed by atoms with Crippen LogP contribution in [-0.2, 0) is 39.0 Å². The predicted octanol–water partition coefficient (Wildman–Crippen LogP) is 9.74. The van der Waals surface area contributed by atoms with Crippen molar-refractivity contribution in [2.45, 2.75) is 13.8 Å². The van der Waals surface area contributed by atoms with Gasteiger partial charge < -0.3 is 44.2 Å². The number of pyridine rings is 2. The van der Waals surface area contributed by atoms with Crippen molar-refractivity contribution in [2.75, 3.05) is 0 Å². The van der Waals surface area contributed by atoms with Crippen molar-refractivity contribution in [1.82, 2.24) is 9.97 Å². The molecule has 4 aromatic rings. The van der Waals surface area contributed by atoms with Crippen LogP contribution in [0.4, 0.5) is 11.4 Å². The Morgan fingerprint density at radius 1 is 0.477 bits per heavy atom. The SMILES string of the molecule is Cc1ccc(N=Cc2ccccn2)cc1.Cc1ccc(N=Cc2ccccn2)cc1.[N-]=[N+]=[N-].[N-]=[N+]=[N-].[N-]=[N+]=[N-].[N-]=[N+]=[N-].[Zn+2].[Zn+2]. The van der Waals surface area contributed by atoms with Crippen molar-refractivity contribution >= 4 is 23.8 Å². The third-order valence-electron chi connectivity index (χ3n) is 4.14. The summed E-state index contributed by atoms with van der Waals surface area (Å²) in [5, 5.41) is 0. The number of hydrogen-bond donors (Lipinski definition) is 0. The molecule has 0 atom stereocenters. The average Bonchev–Trinajstić information content (AvgIpc) is 3.00. The molecule has 0 bridgehead atoms. The van der Waals surface area contributed by atoms with Crippen LogP contribution in [0.25, 0.3) is 63.9 Å². The Bertz CT molecular complexity index is 1320. The first-order valence-corrected chi connectivity index (χ1v) is 11.3. The molecule has 212 valence electrons. The molecule has 0 fully saturated rings. The van der Waals surface area contributed by atoms with Gasteiger partial charge in [-0.15, -0.1) is 0 Å². The van der Waals surface area contributed by atoms with Gasteiger partial charge in [-0.05, 0) is 62.4 Å². The number of aromatic nitrogens is 2. The van der Waals surface area contributed by atoms with Crippen LogP contribution in [0.2, 0.25) is 0 Å². The molecule has 0 saturated heterocycles. The van der Waals surface area contributed by atoms with Gasteiger partial charge in [0.25, 0.3) is 0 Å². The van der Waals surface area contributed by atoms with Crippen molar-refractivity contribution in [2.24, 2.45) is 9.98 Å². The standard InChI is InChI=1S/2C13H12N2.4N3.2Zn/c2*1-11-5-7-12(8-6-11)15-10-13-4-2-3-9-14-13;4*1-3-2;;/h2*2-10H,1H3;;;;;;/q;;4*-1;2*+2. The minimum Gasteiger partial charge on any atom is -0.373 e. The van der Waals surface area contributed by atoms with Crippen LogP contribution in [0, 0.1) is 13.8 Å². The van der Waals surface area contributed by atoms with Gasteiger partial charge in [-0.1, -0.05) is 47.5 Å². The summed E-state index contributed by atoms with van der Waals surface area (Å²) in [6, 6.07) is 27.7. The molecule has 0 saturated carbocycles. The predicted molar refractivity (Wildman–Crippen MR) is 166 cm³/mol. The summed E-state index contributed by atoms with van der Waals surface area (Å²) >= 11 is 0. The van der Waals surface area contributed by atoms with Crippen molar-refractivity contribution < 1.29 is 39.0 Å². The van der Waals surface area contributed by atoms with Crippen molar-refractivity contribution in [1.29, 1.82) is 0 Å². The molecule has 4 rings (SSSR count). The Hall–Kier alpha value is -5.43. The fourth-order valence-electron chi connectivity index (χ4n) is 2.45. The van der Waals surface area contributed by atoms with Crippen molar-refractivity contribution in [3.63, 3.8) is 0 Å². The largest absolute Gasteiger partial charge is 2.00 e.